The predicted molar refractivity (Wildman–Crippen MR) is 71.3 cm³/mol. The topological polar surface area (TPSA) is 49.3 Å². The van der Waals surface area contributed by atoms with E-state index in [4.69, 9.17) is 11.6 Å². The van der Waals surface area contributed by atoms with Gasteiger partial charge in [-0.15, -0.1) is 0 Å². The Morgan fingerprint density at radius 2 is 2.17 bits per heavy atom. The standard InChI is InChI=1S/C14H18ClNO2/c1-14(2)7-10(14)13(18)16-8-12(17)9-5-3-4-6-11(9)15/h3-6,10,12,17H,7-8H2,1-2H3,(H,16,18). The van der Waals surface area contributed by atoms with Crippen LogP contribution in [0.2, 0.25) is 5.02 Å². The zero-order chi connectivity index (χ0) is 13.3. The molecule has 0 saturated heterocycles. The lowest BCUT2D eigenvalue weighted by Crippen LogP contribution is -2.30. The summed E-state index contributed by atoms with van der Waals surface area (Å²) in [4.78, 5) is 11.8. The number of benzene rings is 1. The molecule has 1 saturated carbocycles. The molecule has 1 amide bonds. The number of aliphatic hydroxyl groups excluding tert-OH is 1. The molecule has 1 aliphatic rings. The minimum absolute atomic E-state index is 0.0195. The SMILES string of the molecule is CC1(C)CC1C(=O)NCC(O)c1ccccc1Cl. The van der Waals surface area contributed by atoms with Gasteiger partial charge in [-0.2, -0.15) is 0 Å². The average Bonchev–Trinajstić information content (AvgIpc) is 2.96. The van der Waals surface area contributed by atoms with Gasteiger partial charge in [0.1, 0.15) is 0 Å². The number of hydrogen-bond donors (Lipinski definition) is 2. The average molecular weight is 268 g/mol. The number of carbonyl (C=O) groups is 1. The van der Waals surface area contributed by atoms with Crippen molar-refractivity contribution >= 4 is 17.5 Å². The lowest BCUT2D eigenvalue weighted by molar-refractivity contribution is -0.123. The van der Waals surface area contributed by atoms with Gasteiger partial charge < -0.3 is 10.4 Å². The summed E-state index contributed by atoms with van der Waals surface area (Å²) in [6.45, 7) is 4.35. The highest BCUT2D eigenvalue weighted by Gasteiger charge is 2.50. The maximum absolute atomic E-state index is 11.8. The number of nitrogens with one attached hydrogen (secondary N) is 1. The molecule has 0 spiro atoms. The lowest BCUT2D eigenvalue weighted by atomic mass is 10.1. The number of hydrogen-bond acceptors (Lipinski definition) is 2. The summed E-state index contributed by atoms with van der Waals surface area (Å²) in [7, 11) is 0. The highest BCUT2D eigenvalue weighted by Crippen LogP contribution is 2.51. The number of halogens is 1. The predicted octanol–water partition coefficient (Wildman–Crippen LogP) is 2.54. The summed E-state index contributed by atoms with van der Waals surface area (Å²) in [5.41, 5.74) is 0.758. The Morgan fingerprint density at radius 3 is 2.72 bits per heavy atom. The van der Waals surface area contributed by atoms with E-state index in [2.05, 4.69) is 19.2 Å². The van der Waals surface area contributed by atoms with Gasteiger partial charge in [-0.1, -0.05) is 43.6 Å². The normalized spacial score (nSPS) is 22.3. The van der Waals surface area contributed by atoms with Gasteiger partial charge in [-0.3, -0.25) is 4.79 Å². The van der Waals surface area contributed by atoms with Crippen LogP contribution in [-0.2, 0) is 4.79 Å². The van der Waals surface area contributed by atoms with Gasteiger partial charge in [-0.25, -0.2) is 0 Å². The summed E-state index contributed by atoms with van der Waals surface area (Å²) in [5.74, 6) is 0.0991. The highest BCUT2D eigenvalue weighted by molar-refractivity contribution is 6.31. The first-order valence-electron chi connectivity index (χ1n) is 6.12. The first-order valence-corrected chi connectivity index (χ1v) is 6.50. The van der Waals surface area contributed by atoms with Gasteiger partial charge in [0.15, 0.2) is 0 Å². The molecule has 1 aromatic rings. The van der Waals surface area contributed by atoms with Crippen molar-refractivity contribution in [2.45, 2.75) is 26.4 Å². The molecule has 0 bridgehead atoms. The zero-order valence-electron chi connectivity index (χ0n) is 10.6. The Bertz CT molecular complexity index is 459. The van der Waals surface area contributed by atoms with Gasteiger partial charge >= 0.3 is 0 Å². The Morgan fingerprint density at radius 1 is 1.56 bits per heavy atom. The van der Waals surface area contributed by atoms with Crippen LogP contribution in [0.5, 0.6) is 0 Å². The lowest BCUT2D eigenvalue weighted by Gasteiger charge is -2.14. The smallest absolute Gasteiger partial charge is 0.223 e. The van der Waals surface area contributed by atoms with E-state index in [1.165, 1.54) is 0 Å². The second kappa shape index (κ2) is 4.90. The molecule has 1 aliphatic carbocycles. The second-order valence-electron chi connectivity index (χ2n) is 5.53. The van der Waals surface area contributed by atoms with Crippen molar-refractivity contribution in [1.29, 1.82) is 0 Å². The minimum atomic E-state index is -0.760. The second-order valence-corrected chi connectivity index (χ2v) is 5.93. The zero-order valence-corrected chi connectivity index (χ0v) is 11.4. The molecule has 2 N–H and O–H groups in total. The van der Waals surface area contributed by atoms with E-state index >= 15 is 0 Å². The van der Waals surface area contributed by atoms with E-state index in [9.17, 15) is 9.90 Å². The quantitative estimate of drug-likeness (QED) is 0.881. The van der Waals surface area contributed by atoms with Crippen LogP contribution < -0.4 is 5.32 Å². The maximum Gasteiger partial charge on any atom is 0.223 e. The molecular weight excluding hydrogens is 250 g/mol. The molecule has 1 fully saturated rings. The molecule has 2 unspecified atom stereocenters. The molecular formula is C14H18ClNO2. The minimum Gasteiger partial charge on any atom is -0.387 e. The van der Waals surface area contributed by atoms with Gasteiger partial charge in [-0.05, 0) is 17.9 Å². The Hall–Kier alpha value is -1.06. The molecule has 18 heavy (non-hydrogen) atoms. The van der Waals surface area contributed by atoms with E-state index in [1.54, 1.807) is 12.1 Å². The Labute approximate surface area is 112 Å². The van der Waals surface area contributed by atoms with E-state index in [0.717, 1.165) is 6.42 Å². The Kier molecular flexibility index (Phi) is 3.64. The van der Waals surface area contributed by atoms with Gasteiger partial charge in [0.05, 0.1) is 6.10 Å². The molecule has 4 heteroatoms. The fourth-order valence-electron chi connectivity index (χ4n) is 2.09. The van der Waals surface area contributed by atoms with Crippen molar-refractivity contribution in [3.05, 3.63) is 34.9 Å². The van der Waals surface area contributed by atoms with Gasteiger partial charge in [0.25, 0.3) is 0 Å². The number of rotatable bonds is 4. The van der Waals surface area contributed by atoms with Crippen molar-refractivity contribution in [1.82, 2.24) is 5.32 Å². The van der Waals surface area contributed by atoms with Crippen molar-refractivity contribution in [3.63, 3.8) is 0 Å². The third kappa shape index (κ3) is 2.85. The number of carbonyl (C=O) groups excluding carboxylic acids is 1. The van der Waals surface area contributed by atoms with Crippen LogP contribution in [0.15, 0.2) is 24.3 Å². The highest BCUT2D eigenvalue weighted by atomic mass is 35.5. The third-order valence-corrected chi connectivity index (χ3v) is 3.91. The van der Waals surface area contributed by atoms with Crippen molar-refractivity contribution in [2.75, 3.05) is 6.54 Å². The maximum atomic E-state index is 11.8. The fraction of sp³-hybridized carbons (Fsp3) is 0.500. The number of aliphatic hydroxyl groups is 1. The van der Waals surface area contributed by atoms with Crippen molar-refractivity contribution < 1.29 is 9.90 Å². The van der Waals surface area contributed by atoms with Crippen LogP contribution in [-0.4, -0.2) is 17.6 Å². The van der Waals surface area contributed by atoms with Gasteiger partial charge in [0.2, 0.25) is 5.91 Å². The van der Waals surface area contributed by atoms with Crippen LogP contribution >= 0.6 is 11.6 Å². The molecule has 2 rings (SSSR count). The van der Waals surface area contributed by atoms with E-state index in [1.807, 2.05) is 12.1 Å². The molecule has 3 nitrogen and oxygen atoms in total. The largest absolute Gasteiger partial charge is 0.387 e. The van der Waals surface area contributed by atoms with Crippen LogP contribution in [0.1, 0.15) is 31.9 Å². The van der Waals surface area contributed by atoms with Crippen LogP contribution in [0.25, 0.3) is 0 Å². The molecule has 0 radical (unpaired) electrons. The fourth-order valence-corrected chi connectivity index (χ4v) is 2.35. The van der Waals surface area contributed by atoms with Crippen LogP contribution in [0.3, 0.4) is 0 Å². The Balaban J connectivity index is 1.88. The summed E-state index contributed by atoms with van der Waals surface area (Å²) >= 11 is 5.98. The first-order chi connectivity index (χ1) is 8.42. The van der Waals surface area contributed by atoms with Crippen LogP contribution in [0.4, 0.5) is 0 Å². The summed E-state index contributed by atoms with van der Waals surface area (Å²) in [6, 6.07) is 7.12. The van der Waals surface area contributed by atoms with Crippen molar-refractivity contribution in [2.24, 2.45) is 11.3 Å². The van der Waals surface area contributed by atoms with E-state index < -0.39 is 6.10 Å². The van der Waals surface area contributed by atoms with Gasteiger partial charge in [0, 0.05) is 23.0 Å². The summed E-state index contributed by atoms with van der Waals surface area (Å²) in [6.07, 6.45) is 0.158. The first kappa shape index (κ1) is 13.4. The van der Waals surface area contributed by atoms with E-state index in [0.29, 0.717) is 10.6 Å². The third-order valence-electron chi connectivity index (χ3n) is 3.56. The monoisotopic (exact) mass is 267 g/mol. The molecule has 2 atom stereocenters. The molecule has 0 aromatic heterocycles. The summed E-state index contributed by atoms with van der Waals surface area (Å²) < 4.78 is 0. The number of amides is 1. The van der Waals surface area contributed by atoms with Crippen LogP contribution in [0, 0.1) is 11.3 Å². The molecule has 0 aliphatic heterocycles. The van der Waals surface area contributed by atoms with Crippen molar-refractivity contribution in [3.8, 4) is 0 Å². The summed E-state index contributed by atoms with van der Waals surface area (Å²) in [5, 5.41) is 13.3. The molecule has 98 valence electrons. The van der Waals surface area contributed by atoms with E-state index in [-0.39, 0.29) is 23.8 Å². The molecule has 1 aromatic carbocycles. The molecule has 0 heterocycles.